The summed E-state index contributed by atoms with van der Waals surface area (Å²) in [7, 11) is 3.14. The quantitative estimate of drug-likeness (QED) is 0.0726. The summed E-state index contributed by atoms with van der Waals surface area (Å²) in [5.41, 5.74) is 10.6. The summed E-state index contributed by atoms with van der Waals surface area (Å²) in [5, 5.41) is 19.9. The summed E-state index contributed by atoms with van der Waals surface area (Å²) in [6.07, 6.45) is 6.62. The van der Waals surface area contributed by atoms with Crippen molar-refractivity contribution in [3.8, 4) is 11.5 Å². The molecule has 4 heterocycles. The molecule has 4 unspecified atom stereocenters. The Morgan fingerprint density at radius 3 is 0.977 bits per heavy atom. The first kappa shape index (κ1) is 96.8. The van der Waals surface area contributed by atoms with Gasteiger partial charge >= 0.3 is 24.1 Å². The van der Waals surface area contributed by atoms with Crippen LogP contribution < -0.4 is 50.3 Å². The van der Waals surface area contributed by atoms with Crippen molar-refractivity contribution in [3.63, 3.8) is 0 Å². The first-order valence-corrected chi connectivity index (χ1v) is 48.1. The third-order valence-corrected chi connectivity index (χ3v) is 28.7. The molecule has 0 aromatic heterocycles. The van der Waals surface area contributed by atoms with E-state index in [1.165, 1.54) is 32.1 Å². The van der Waals surface area contributed by atoms with Gasteiger partial charge in [0.25, 0.3) is 0 Å². The van der Waals surface area contributed by atoms with Gasteiger partial charge in [-0.15, -0.1) is 0 Å². The number of nitrogens with one attached hydrogen (secondary N) is 4. The molecule has 686 valence electrons. The SMILES string of the molecule is COc1cc(NC(=O)N2CCN(c3ccc(Cl)cc3Cl)C(c3ccc(Cl)cc3)C2)cc(OC)c1.C[C@H](NC(=O)N1CCN(c2ccc(Cl)cc2Cl)C(c2ccc(Cl)cc2)C1)c1ccccc1.O=C(NC1C2CC3CC(C2)CC1C3)N1CCN(c2ccc(Cl)cc2Cl)C(c2ccc(Cl)cc2)C1.[C-]#[N+]c1ccc(NC(=O)N2CCN(c3ccc(Cl)cc3Cl)C(c3ccc(Cl)cc3)C2)cc1. The summed E-state index contributed by atoms with van der Waals surface area (Å²) in [4.78, 5) is 72.5. The van der Waals surface area contributed by atoms with Crippen LogP contribution in [-0.2, 0) is 0 Å². The smallest absolute Gasteiger partial charge is 0.321 e. The van der Waals surface area contributed by atoms with E-state index in [0.29, 0.717) is 185 Å². The lowest BCUT2D eigenvalue weighted by Crippen LogP contribution is -2.60. The topological polar surface area (TPSA) is 165 Å². The summed E-state index contributed by atoms with van der Waals surface area (Å²) in [6.45, 7) is 15.9. The van der Waals surface area contributed by atoms with Crippen LogP contribution in [0.3, 0.4) is 0 Å². The summed E-state index contributed by atoms with van der Waals surface area (Å²) in [5.74, 6) is 4.32. The maximum Gasteiger partial charge on any atom is 0.321 e. The highest BCUT2D eigenvalue weighted by Gasteiger charge is 2.50. The molecule has 5 atom stereocenters. The zero-order valence-corrected chi connectivity index (χ0v) is 81.5. The van der Waals surface area contributed by atoms with E-state index in [4.69, 9.17) is 155 Å². The zero-order valence-electron chi connectivity index (χ0n) is 72.4. The highest BCUT2D eigenvalue weighted by molar-refractivity contribution is 6.38. The molecule has 31 heteroatoms. The van der Waals surface area contributed by atoms with Crippen LogP contribution in [0.5, 0.6) is 11.5 Å². The second-order valence-corrected chi connectivity index (χ2v) is 38.9. The molecule has 0 spiro atoms. The Bertz CT molecular complexity index is 5870. The summed E-state index contributed by atoms with van der Waals surface area (Å²) < 4.78 is 10.6. The Balaban J connectivity index is 0.000000135. The van der Waals surface area contributed by atoms with Crippen molar-refractivity contribution in [3.05, 3.63) is 342 Å². The number of urea groups is 4. The first-order valence-electron chi connectivity index (χ1n) is 43.6. The van der Waals surface area contributed by atoms with Gasteiger partial charge in [0.2, 0.25) is 0 Å². The van der Waals surface area contributed by atoms with E-state index in [1.807, 2.05) is 193 Å². The molecule has 4 N–H and O–H groups in total. The van der Waals surface area contributed by atoms with E-state index >= 15 is 0 Å². The molecule has 19 rings (SSSR count). The highest BCUT2D eigenvalue weighted by atomic mass is 35.5. The zero-order chi connectivity index (χ0) is 93.0. The van der Waals surface area contributed by atoms with Crippen molar-refractivity contribution >= 4 is 203 Å². The van der Waals surface area contributed by atoms with Crippen LogP contribution in [0.15, 0.2) is 243 Å². The lowest BCUT2D eigenvalue weighted by Gasteiger charge is -2.54. The molecular weight excluding hydrogens is 1920 g/mol. The third kappa shape index (κ3) is 24.1. The van der Waals surface area contributed by atoms with Crippen LogP contribution in [0, 0.1) is 30.2 Å². The average Bonchev–Trinajstić information content (AvgIpc) is 0.771. The van der Waals surface area contributed by atoms with Crippen LogP contribution in [0.1, 0.15) is 97.1 Å². The maximum absolute atomic E-state index is 13.5. The summed E-state index contributed by atoms with van der Waals surface area (Å²) in [6, 6.07) is 74.5. The van der Waals surface area contributed by atoms with Crippen LogP contribution in [0.4, 0.5) is 59.0 Å². The van der Waals surface area contributed by atoms with Gasteiger partial charge in [-0.25, -0.2) is 24.0 Å². The van der Waals surface area contributed by atoms with Gasteiger partial charge in [-0.3, -0.25) is 0 Å². The number of carbonyl (C=O) groups is 4. The Hall–Kier alpha value is -9.73. The number of hydrogen-bond donors (Lipinski definition) is 4. The largest absolute Gasteiger partial charge is 0.497 e. The molecule has 4 aliphatic carbocycles. The van der Waals surface area contributed by atoms with Gasteiger partial charge in [-0.1, -0.05) is 230 Å². The second kappa shape index (κ2) is 44.6. The van der Waals surface area contributed by atoms with Crippen molar-refractivity contribution < 1.29 is 28.7 Å². The van der Waals surface area contributed by atoms with Crippen molar-refractivity contribution in [2.45, 2.75) is 75.3 Å². The number of halogens is 12. The van der Waals surface area contributed by atoms with E-state index < -0.39 is 0 Å². The number of anilines is 6. The molecule has 8 amide bonds. The van der Waals surface area contributed by atoms with Gasteiger partial charge in [-0.05, 0) is 224 Å². The number of benzene rings is 11. The predicted octanol–water partition coefficient (Wildman–Crippen LogP) is 28.1. The van der Waals surface area contributed by atoms with Crippen molar-refractivity contribution in [2.24, 2.45) is 23.7 Å². The number of piperazine rings is 4. The fourth-order valence-electron chi connectivity index (χ4n) is 19.2. The summed E-state index contributed by atoms with van der Waals surface area (Å²) >= 11 is 75.2. The molecule has 4 bridgehead atoms. The number of amides is 8. The van der Waals surface area contributed by atoms with Gasteiger partial charge < -0.3 is 69.9 Å². The lowest BCUT2D eigenvalue weighted by molar-refractivity contribution is -0.0112. The Labute approximate surface area is 830 Å². The van der Waals surface area contributed by atoms with Crippen LogP contribution in [0.25, 0.3) is 4.85 Å². The fraction of sp³-hybridized carbons (Fsp3) is 0.297. The minimum atomic E-state index is -0.212. The van der Waals surface area contributed by atoms with E-state index in [9.17, 15) is 19.2 Å². The van der Waals surface area contributed by atoms with E-state index in [1.54, 1.807) is 90.7 Å². The van der Waals surface area contributed by atoms with E-state index in [0.717, 1.165) is 62.4 Å². The monoisotopic (exact) mass is 2010 g/mol. The maximum atomic E-state index is 13.5. The number of carbonyl (C=O) groups excluding carboxylic acids is 4. The van der Waals surface area contributed by atoms with E-state index in [-0.39, 0.29) is 54.3 Å². The third-order valence-electron chi connectivity index (χ3n) is 25.6. The molecule has 132 heavy (non-hydrogen) atoms. The number of rotatable bonds is 15. The molecule has 19 nitrogen and oxygen atoms in total. The Morgan fingerprint density at radius 2 is 0.659 bits per heavy atom. The molecule has 4 saturated carbocycles. The number of nitrogens with zero attached hydrogens (tertiary/aromatic N) is 9. The van der Waals surface area contributed by atoms with Crippen molar-refractivity contribution in [2.75, 3.05) is 123 Å². The molecule has 4 aliphatic heterocycles. The minimum absolute atomic E-state index is 0.0195. The van der Waals surface area contributed by atoms with E-state index in [2.05, 4.69) is 45.7 Å². The van der Waals surface area contributed by atoms with Gasteiger partial charge in [0, 0.05) is 154 Å². The number of hydrogen-bond acceptors (Lipinski definition) is 10. The number of ether oxygens (including phenoxy) is 2. The number of methoxy groups -OCH3 is 2. The second-order valence-electron chi connectivity index (χ2n) is 33.8. The van der Waals surface area contributed by atoms with Gasteiger partial charge in [0.1, 0.15) is 11.5 Å². The molecule has 8 aliphatic rings. The first-order chi connectivity index (χ1) is 63.7. The van der Waals surface area contributed by atoms with Crippen LogP contribution in [0.2, 0.25) is 60.3 Å². The van der Waals surface area contributed by atoms with Gasteiger partial charge in [0.15, 0.2) is 5.69 Å². The molecule has 8 fully saturated rings. The average molecular weight is 2010 g/mol. The molecule has 0 radical (unpaired) electrons. The Morgan fingerprint density at radius 1 is 0.348 bits per heavy atom. The molecule has 11 aromatic carbocycles. The van der Waals surface area contributed by atoms with Crippen LogP contribution >= 0.6 is 139 Å². The van der Waals surface area contributed by atoms with Crippen molar-refractivity contribution in [1.29, 1.82) is 0 Å². The molecular formula is C101H97Cl12N13O6. The highest BCUT2D eigenvalue weighted by Crippen LogP contribution is 2.54. The van der Waals surface area contributed by atoms with Gasteiger partial charge in [-0.2, -0.15) is 0 Å². The Kier molecular flexibility index (Phi) is 32.7. The van der Waals surface area contributed by atoms with Crippen molar-refractivity contribution in [1.82, 2.24) is 30.2 Å². The standard InChI is InChI=1S/C27H30Cl3N3O.C25H24Cl3N3O3.C25H24Cl3N3O.C24H19Cl3N4O/c28-21-3-1-18(2-4-21)25-15-32(7-8-33(25)24-6-5-22(29)14-23(24)30)27(34)31-26-19-10-16-9-17(12-19)13-20(26)11-16;1-33-20-12-19(13-21(14-20)34-2)29-25(32)30-9-10-31(23-8-7-18(27)11-22(23)28)24(15-30)16-3-5-17(26)6-4-16;1-17(18-5-3-2-4-6-18)29-25(32)30-13-14-31(23-12-11-21(27)15-22(23)28)24(16-30)19-7-9-20(26)10-8-19;1-28-19-7-9-20(10-8-19)29-24(32)30-12-13-31(22-11-6-18(26)14-21(22)27)23(15-30)16-2-4-17(25)5-3-16/h1-6,14,16-17,19-20,25-26H,7-13,15H2,(H,31,34);3-8,11-14,24H,9-10,15H2,1-2H3,(H,29,32);2-12,15,17,24H,13-14,16H2,1H3,(H,29,32);2-11,14,23H,12-13,15H2,(H,29,32)/t;;17-,24?;/m..0./s1. The normalized spacial score (nSPS) is 20.4. The lowest BCUT2D eigenvalue weighted by atomic mass is 9.54. The minimum Gasteiger partial charge on any atom is -0.497 e. The fourth-order valence-corrected chi connectivity index (χ4v) is 21.7. The molecule has 11 aromatic rings. The molecule has 4 saturated heterocycles. The van der Waals surface area contributed by atoms with Crippen LogP contribution in [-0.4, -0.2) is 143 Å². The predicted molar refractivity (Wildman–Crippen MR) is 541 cm³/mol. The van der Waals surface area contributed by atoms with Gasteiger partial charge in [0.05, 0.1) is 93.8 Å².